The monoisotopic (exact) mass is 259 g/mol. The van der Waals surface area contributed by atoms with Gasteiger partial charge in [-0.15, -0.1) is 0 Å². The summed E-state index contributed by atoms with van der Waals surface area (Å²) in [5, 5.41) is 19.1. The number of nitrogens with two attached hydrogens (primary N) is 1. The summed E-state index contributed by atoms with van der Waals surface area (Å²) in [7, 11) is 1.53. The second-order valence-corrected chi connectivity index (χ2v) is 3.95. The molecule has 0 radical (unpaired) electrons. The topological polar surface area (TPSA) is 92.8 Å². The van der Waals surface area contributed by atoms with Crippen molar-refractivity contribution in [2.75, 3.05) is 12.8 Å². The van der Waals surface area contributed by atoms with Crippen molar-refractivity contribution in [2.45, 2.75) is 0 Å². The number of hydrogen-bond donors (Lipinski definition) is 3. The molecule has 2 aromatic rings. The van der Waals surface area contributed by atoms with Gasteiger partial charge < -0.3 is 20.7 Å². The first-order valence-electron chi connectivity index (χ1n) is 5.53. The first-order chi connectivity index (χ1) is 9.04. The Kier molecular flexibility index (Phi) is 3.29. The number of benzene rings is 2. The number of phenols is 2. The molecule has 98 valence electrons. The van der Waals surface area contributed by atoms with Crippen LogP contribution in [-0.2, 0) is 0 Å². The van der Waals surface area contributed by atoms with Gasteiger partial charge in [0, 0.05) is 5.56 Å². The van der Waals surface area contributed by atoms with Gasteiger partial charge in [-0.25, -0.2) is 0 Å². The van der Waals surface area contributed by atoms with Crippen LogP contribution in [0.15, 0.2) is 36.4 Å². The molecule has 19 heavy (non-hydrogen) atoms. The fraction of sp³-hybridized carbons (Fsp3) is 0.0714. The van der Waals surface area contributed by atoms with Crippen LogP contribution in [0.3, 0.4) is 0 Å². The van der Waals surface area contributed by atoms with E-state index in [9.17, 15) is 15.0 Å². The second-order valence-electron chi connectivity index (χ2n) is 3.95. The maximum absolute atomic E-state index is 12.2. The van der Waals surface area contributed by atoms with Gasteiger partial charge in [-0.1, -0.05) is 0 Å². The van der Waals surface area contributed by atoms with Crippen LogP contribution in [0.1, 0.15) is 15.9 Å². The summed E-state index contributed by atoms with van der Waals surface area (Å²) in [6.45, 7) is 0. The van der Waals surface area contributed by atoms with E-state index >= 15 is 0 Å². The fourth-order valence-electron chi connectivity index (χ4n) is 1.68. The van der Waals surface area contributed by atoms with Crippen molar-refractivity contribution in [3.8, 4) is 17.2 Å². The molecule has 5 nitrogen and oxygen atoms in total. The van der Waals surface area contributed by atoms with Crippen molar-refractivity contribution in [3.63, 3.8) is 0 Å². The lowest BCUT2D eigenvalue weighted by Crippen LogP contribution is -2.03. The normalized spacial score (nSPS) is 10.2. The quantitative estimate of drug-likeness (QED) is 0.445. The maximum atomic E-state index is 12.2. The number of hydrogen-bond acceptors (Lipinski definition) is 5. The minimum atomic E-state index is -0.416. The average Bonchev–Trinajstić information content (AvgIpc) is 2.44. The van der Waals surface area contributed by atoms with Crippen molar-refractivity contribution < 1.29 is 19.7 Å². The van der Waals surface area contributed by atoms with Crippen LogP contribution < -0.4 is 10.5 Å². The van der Waals surface area contributed by atoms with E-state index in [1.807, 2.05) is 0 Å². The number of carbonyl (C=O) groups is 1. The Morgan fingerprint density at radius 1 is 1.11 bits per heavy atom. The van der Waals surface area contributed by atoms with E-state index in [-0.39, 0.29) is 22.8 Å². The summed E-state index contributed by atoms with van der Waals surface area (Å²) in [5.74, 6) is -0.428. The van der Waals surface area contributed by atoms with Crippen molar-refractivity contribution in [1.82, 2.24) is 0 Å². The van der Waals surface area contributed by atoms with Gasteiger partial charge in [0.15, 0.2) is 11.5 Å². The molecule has 0 bridgehead atoms. The highest BCUT2D eigenvalue weighted by Gasteiger charge is 2.17. The van der Waals surface area contributed by atoms with E-state index in [2.05, 4.69) is 0 Å². The van der Waals surface area contributed by atoms with Gasteiger partial charge >= 0.3 is 0 Å². The Bertz CT molecular complexity index is 620. The molecule has 2 aromatic carbocycles. The molecule has 0 amide bonds. The Morgan fingerprint density at radius 3 is 2.32 bits per heavy atom. The molecule has 0 atom stereocenters. The van der Waals surface area contributed by atoms with Gasteiger partial charge in [-0.3, -0.25) is 4.79 Å². The molecule has 0 fully saturated rings. The van der Waals surface area contributed by atoms with Crippen molar-refractivity contribution >= 4 is 11.5 Å². The molecule has 0 aliphatic heterocycles. The van der Waals surface area contributed by atoms with E-state index in [0.717, 1.165) is 0 Å². The predicted molar refractivity (Wildman–Crippen MR) is 70.6 cm³/mol. The zero-order chi connectivity index (χ0) is 14.0. The Morgan fingerprint density at radius 2 is 1.74 bits per heavy atom. The molecule has 0 heterocycles. The van der Waals surface area contributed by atoms with Crippen molar-refractivity contribution in [2.24, 2.45) is 0 Å². The van der Waals surface area contributed by atoms with Gasteiger partial charge in [0.1, 0.15) is 17.2 Å². The SMILES string of the molecule is COc1ccc(C(=O)c2ccc(O)c(N)c2O)cc1. The van der Waals surface area contributed by atoms with Gasteiger partial charge in [0.05, 0.1) is 12.7 Å². The summed E-state index contributed by atoms with van der Waals surface area (Å²) in [4.78, 5) is 12.2. The number of rotatable bonds is 3. The molecule has 4 N–H and O–H groups in total. The Hall–Kier alpha value is -2.69. The van der Waals surface area contributed by atoms with Crippen LogP contribution in [-0.4, -0.2) is 23.1 Å². The third kappa shape index (κ3) is 2.30. The van der Waals surface area contributed by atoms with Gasteiger partial charge in [-0.2, -0.15) is 0 Å². The van der Waals surface area contributed by atoms with Gasteiger partial charge in [0.25, 0.3) is 0 Å². The van der Waals surface area contributed by atoms with E-state index in [4.69, 9.17) is 10.5 Å². The molecular weight excluding hydrogens is 246 g/mol. The number of ketones is 1. The Balaban J connectivity index is 2.41. The summed E-state index contributed by atoms with van der Waals surface area (Å²) in [6, 6.07) is 9.06. The highest BCUT2D eigenvalue weighted by atomic mass is 16.5. The molecule has 0 aliphatic carbocycles. The highest BCUT2D eigenvalue weighted by molar-refractivity contribution is 6.11. The molecule has 0 saturated heterocycles. The van der Waals surface area contributed by atoms with Crippen molar-refractivity contribution in [1.29, 1.82) is 0 Å². The lowest BCUT2D eigenvalue weighted by Gasteiger charge is -2.08. The summed E-state index contributed by atoms with van der Waals surface area (Å²) in [5.41, 5.74) is 5.70. The number of carbonyl (C=O) groups excluding carboxylic acids is 1. The molecule has 2 rings (SSSR count). The molecule has 0 saturated carbocycles. The van der Waals surface area contributed by atoms with Crippen LogP contribution in [0, 0.1) is 0 Å². The zero-order valence-electron chi connectivity index (χ0n) is 10.3. The minimum absolute atomic E-state index is 0.0421. The average molecular weight is 259 g/mol. The van der Waals surface area contributed by atoms with Crippen LogP contribution in [0.4, 0.5) is 5.69 Å². The predicted octanol–water partition coefficient (Wildman–Crippen LogP) is 1.92. The largest absolute Gasteiger partial charge is 0.506 e. The molecule has 0 unspecified atom stereocenters. The zero-order valence-corrected chi connectivity index (χ0v) is 10.3. The number of methoxy groups -OCH3 is 1. The number of ether oxygens (including phenoxy) is 1. The highest BCUT2D eigenvalue weighted by Crippen LogP contribution is 2.34. The molecule has 0 aromatic heterocycles. The summed E-state index contributed by atoms with van der Waals surface area (Å²) < 4.78 is 5.00. The Labute approximate surface area is 109 Å². The number of nitrogen functional groups attached to an aromatic ring is 1. The maximum Gasteiger partial charge on any atom is 0.196 e. The minimum Gasteiger partial charge on any atom is -0.506 e. The first kappa shape index (κ1) is 12.8. The lowest BCUT2D eigenvalue weighted by atomic mass is 10.0. The van der Waals surface area contributed by atoms with E-state index in [0.29, 0.717) is 11.3 Å². The van der Waals surface area contributed by atoms with Gasteiger partial charge in [0.2, 0.25) is 0 Å². The number of aromatic hydroxyl groups is 2. The van der Waals surface area contributed by atoms with Crippen molar-refractivity contribution in [3.05, 3.63) is 47.5 Å². The number of anilines is 1. The van der Waals surface area contributed by atoms with Crippen LogP contribution in [0.5, 0.6) is 17.2 Å². The molecule has 5 heteroatoms. The third-order valence-electron chi connectivity index (χ3n) is 2.79. The molecular formula is C14H13NO4. The first-order valence-corrected chi connectivity index (χ1v) is 5.53. The molecule has 0 aliphatic rings. The third-order valence-corrected chi connectivity index (χ3v) is 2.79. The van der Waals surface area contributed by atoms with Crippen LogP contribution >= 0.6 is 0 Å². The lowest BCUT2D eigenvalue weighted by molar-refractivity contribution is 0.103. The van der Waals surface area contributed by atoms with E-state index in [1.165, 1.54) is 19.2 Å². The fourth-order valence-corrected chi connectivity index (χ4v) is 1.68. The molecule has 0 spiro atoms. The number of phenolic OH excluding ortho intramolecular Hbond substituents is 2. The standard InChI is InChI=1S/C14H13NO4/c1-19-9-4-2-8(3-5-9)13(17)10-6-7-11(16)12(15)14(10)18/h2-7,16,18H,15H2,1H3. The second kappa shape index (κ2) is 4.89. The van der Waals surface area contributed by atoms with Gasteiger partial charge in [-0.05, 0) is 36.4 Å². The van der Waals surface area contributed by atoms with Crippen LogP contribution in [0.25, 0.3) is 0 Å². The van der Waals surface area contributed by atoms with E-state index < -0.39 is 5.75 Å². The summed E-state index contributed by atoms with van der Waals surface area (Å²) >= 11 is 0. The van der Waals surface area contributed by atoms with E-state index in [1.54, 1.807) is 24.3 Å². The van der Waals surface area contributed by atoms with Crippen LogP contribution in [0.2, 0.25) is 0 Å². The summed E-state index contributed by atoms with van der Waals surface area (Å²) in [6.07, 6.45) is 0. The smallest absolute Gasteiger partial charge is 0.196 e.